The van der Waals surface area contributed by atoms with E-state index in [9.17, 15) is 27.2 Å². The summed E-state index contributed by atoms with van der Waals surface area (Å²) in [6.07, 6.45) is -3.69. The standard InChI is InChI=1S/C47H59F4N5O16/c1-31-25-32(5-13-41(31)64-2)28-53(35-9-10-35)44(57)43-38(33-6-11-37(12-7-33)67-15-3-4-16-68-42-14-8-34(26-39(42)48)47(49,50)51)27-36-29-52(45(58)69-21-17-65-19-23-71-55(60)61)30-40(43)54(36)46(59)70-22-18-66-20-24-72-56(62)63/h5-8,11-14,25-26,35-36,40,60-63H,3-4,9-10,15-24,27-30H2,1-2H3. The maximum atomic E-state index is 15.4. The van der Waals surface area contributed by atoms with Crippen molar-refractivity contribution in [2.75, 3.05) is 86.3 Å². The molecule has 72 heavy (non-hydrogen) atoms. The van der Waals surface area contributed by atoms with Crippen LogP contribution in [0.1, 0.15) is 54.4 Å². The number of halogens is 4. The zero-order chi connectivity index (χ0) is 51.8. The second-order valence-electron chi connectivity index (χ2n) is 16.7. The summed E-state index contributed by atoms with van der Waals surface area (Å²) in [7, 11) is 1.57. The van der Waals surface area contributed by atoms with Gasteiger partial charge < -0.3 is 43.0 Å². The molecule has 396 valence electrons. The number of piperazine rings is 1. The number of benzene rings is 3. The number of amides is 3. The van der Waals surface area contributed by atoms with Crippen LogP contribution >= 0.6 is 0 Å². The van der Waals surface area contributed by atoms with Crippen molar-refractivity contribution < 1.29 is 95.6 Å². The number of methoxy groups -OCH3 is 1. The Labute approximate surface area is 411 Å². The summed E-state index contributed by atoms with van der Waals surface area (Å²) in [5.41, 5.74) is 2.20. The molecule has 2 bridgehead atoms. The van der Waals surface area contributed by atoms with Gasteiger partial charge in [-0.25, -0.2) is 23.7 Å². The maximum absolute atomic E-state index is 15.4. The van der Waals surface area contributed by atoms with Crippen LogP contribution in [0.4, 0.5) is 27.2 Å². The Hall–Kier alpha value is -5.87. The fourth-order valence-electron chi connectivity index (χ4n) is 8.25. The van der Waals surface area contributed by atoms with Gasteiger partial charge in [0.2, 0.25) is 0 Å². The van der Waals surface area contributed by atoms with Gasteiger partial charge in [-0.3, -0.25) is 30.5 Å². The van der Waals surface area contributed by atoms with Gasteiger partial charge >= 0.3 is 18.4 Å². The molecule has 2 unspecified atom stereocenters. The van der Waals surface area contributed by atoms with Crippen LogP contribution < -0.4 is 14.2 Å². The molecule has 3 amide bonds. The zero-order valence-corrected chi connectivity index (χ0v) is 39.7. The molecule has 0 radical (unpaired) electrons. The van der Waals surface area contributed by atoms with Crippen molar-refractivity contribution in [2.45, 2.75) is 69.9 Å². The Morgan fingerprint density at radius 3 is 1.92 bits per heavy atom. The Balaban J connectivity index is 1.22. The van der Waals surface area contributed by atoms with E-state index >= 15 is 4.79 Å². The van der Waals surface area contributed by atoms with Crippen molar-refractivity contribution >= 4 is 23.7 Å². The molecule has 2 fully saturated rings. The average molecular weight is 1030 g/mol. The number of fused-ring (bicyclic) bond motifs is 2. The first-order valence-electron chi connectivity index (χ1n) is 23.1. The first kappa shape index (κ1) is 55.4. The third-order valence-corrected chi connectivity index (χ3v) is 11.7. The molecular weight excluding hydrogens is 967 g/mol. The van der Waals surface area contributed by atoms with Gasteiger partial charge in [-0.1, -0.05) is 24.3 Å². The number of rotatable bonds is 27. The summed E-state index contributed by atoms with van der Waals surface area (Å²) in [5.74, 6) is -0.574. The highest BCUT2D eigenvalue weighted by atomic mass is 19.4. The molecule has 25 heteroatoms. The molecule has 21 nitrogen and oxygen atoms in total. The van der Waals surface area contributed by atoms with E-state index in [1.165, 1.54) is 9.80 Å². The third kappa shape index (κ3) is 16.1. The monoisotopic (exact) mass is 1030 g/mol. The molecule has 3 aromatic rings. The normalized spacial score (nSPS) is 16.8. The van der Waals surface area contributed by atoms with Gasteiger partial charge in [0.15, 0.2) is 11.6 Å². The molecule has 3 aliphatic rings. The number of ether oxygens (including phenoxy) is 7. The fourth-order valence-corrected chi connectivity index (χ4v) is 8.25. The van der Waals surface area contributed by atoms with Gasteiger partial charge in [0.05, 0.1) is 88.4 Å². The van der Waals surface area contributed by atoms with Gasteiger partial charge in [-0.05, 0) is 97.7 Å². The first-order chi connectivity index (χ1) is 34.5. The number of carbonyl (C=O) groups is 3. The highest BCUT2D eigenvalue weighted by molar-refractivity contribution is 6.04. The van der Waals surface area contributed by atoms with E-state index in [0.717, 1.165) is 36.1 Å². The van der Waals surface area contributed by atoms with Gasteiger partial charge in [0.25, 0.3) is 5.91 Å². The maximum Gasteiger partial charge on any atom is 0.416 e. The number of hydrogen-bond acceptors (Lipinski definition) is 18. The minimum atomic E-state index is -4.68. The quantitative estimate of drug-likeness (QED) is 0.0366. The molecule has 1 saturated carbocycles. The van der Waals surface area contributed by atoms with Gasteiger partial charge in [-0.15, -0.1) is 0 Å². The average Bonchev–Trinajstić information content (AvgIpc) is 4.19. The summed E-state index contributed by atoms with van der Waals surface area (Å²) in [5, 5.41) is 34.0. The van der Waals surface area contributed by atoms with Crippen LogP contribution in [0.5, 0.6) is 17.2 Å². The fraction of sp³-hybridized carbons (Fsp3) is 0.511. The smallest absolute Gasteiger partial charge is 0.416 e. The van der Waals surface area contributed by atoms with Crippen LogP contribution in [0.15, 0.2) is 66.2 Å². The van der Waals surface area contributed by atoms with Crippen LogP contribution in [-0.2, 0) is 46.1 Å². The molecule has 2 atom stereocenters. The highest BCUT2D eigenvalue weighted by Crippen LogP contribution is 2.42. The minimum absolute atomic E-state index is 0.00647. The van der Waals surface area contributed by atoms with E-state index in [0.29, 0.717) is 41.5 Å². The van der Waals surface area contributed by atoms with Gasteiger partial charge in [0, 0.05) is 31.2 Å². The number of hydrogen-bond donors (Lipinski definition) is 4. The largest absolute Gasteiger partial charge is 0.496 e. The summed E-state index contributed by atoms with van der Waals surface area (Å²) in [4.78, 5) is 56.9. The lowest BCUT2D eigenvalue weighted by molar-refractivity contribution is -0.493. The molecule has 1 aliphatic carbocycles. The van der Waals surface area contributed by atoms with Crippen LogP contribution in [0.25, 0.3) is 5.57 Å². The SMILES string of the molecule is COc1ccc(CN(C(=O)C2=C(c3ccc(OCCCCOc4ccc(C(F)(F)F)cc4F)cc3)CC3CN(C(=O)OCCOCCON(O)O)CC2N3C(=O)OCCOCCON(O)O)C2CC2)cc1C. The number of alkyl halides is 3. The number of carbonyl (C=O) groups excluding carboxylic acids is 3. The molecule has 4 N–H and O–H groups in total. The predicted molar refractivity (Wildman–Crippen MR) is 239 cm³/mol. The molecule has 0 spiro atoms. The number of aryl methyl sites for hydroxylation is 1. The summed E-state index contributed by atoms with van der Waals surface area (Å²) < 4.78 is 91.8. The molecule has 3 aromatic carbocycles. The van der Waals surface area contributed by atoms with E-state index in [2.05, 4.69) is 9.68 Å². The number of unbranched alkanes of at least 4 members (excludes halogenated alkanes) is 1. The highest BCUT2D eigenvalue weighted by Gasteiger charge is 2.50. The van der Waals surface area contributed by atoms with Crippen molar-refractivity contribution in [3.05, 3.63) is 94.3 Å². The van der Waals surface area contributed by atoms with E-state index in [1.807, 2.05) is 25.1 Å². The topological polar surface area (TPSA) is 231 Å². The lowest BCUT2D eigenvalue weighted by Crippen LogP contribution is -2.65. The predicted octanol–water partition coefficient (Wildman–Crippen LogP) is 6.43. The summed E-state index contributed by atoms with van der Waals surface area (Å²) in [6, 6.07) is 13.0. The van der Waals surface area contributed by atoms with Crippen LogP contribution in [0.3, 0.4) is 0 Å². The van der Waals surface area contributed by atoms with Gasteiger partial charge in [0.1, 0.15) is 24.7 Å². The third-order valence-electron chi connectivity index (χ3n) is 11.7. The van der Waals surface area contributed by atoms with E-state index in [1.54, 1.807) is 36.3 Å². The molecule has 0 aromatic heterocycles. The van der Waals surface area contributed by atoms with Crippen LogP contribution in [-0.4, -0.2) is 169 Å². The van der Waals surface area contributed by atoms with Gasteiger partial charge in [-0.2, -0.15) is 13.2 Å². The lowest BCUT2D eigenvalue weighted by atomic mass is 9.81. The summed E-state index contributed by atoms with van der Waals surface area (Å²) in [6.45, 7) is 1.24. The Kier molecular flexibility index (Phi) is 20.6. The van der Waals surface area contributed by atoms with E-state index < -0.39 is 52.6 Å². The second-order valence-corrected chi connectivity index (χ2v) is 16.7. The lowest BCUT2D eigenvalue weighted by Gasteiger charge is -2.50. The summed E-state index contributed by atoms with van der Waals surface area (Å²) >= 11 is 0. The first-order valence-corrected chi connectivity index (χ1v) is 23.1. The van der Waals surface area contributed by atoms with Crippen LogP contribution in [0, 0.1) is 12.7 Å². The zero-order valence-electron chi connectivity index (χ0n) is 39.7. The molecule has 2 heterocycles. The minimum Gasteiger partial charge on any atom is -0.496 e. The van der Waals surface area contributed by atoms with Crippen molar-refractivity contribution in [2.24, 2.45) is 0 Å². The second kappa shape index (κ2) is 26.7. The van der Waals surface area contributed by atoms with Crippen molar-refractivity contribution in [3.8, 4) is 17.2 Å². The Morgan fingerprint density at radius 2 is 1.33 bits per heavy atom. The van der Waals surface area contributed by atoms with E-state index in [4.69, 9.17) is 54.0 Å². The van der Waals surface area contributed by atoms with Crippen molar-refractivity contribution in [3.63, 3.8) is 0 Å². The molecular formula is C47H59F4N5O16. The van der Waals surface area contributed by atoms with E-state index in [-0.39, 0.29) is 115 Å². The van der Waals surface area contributed by atoms with Crippen molar-refractivity contribution in [1.82, 2.24) is 25.5 Å². The molecule has 2 aliphatic heterocycles. The Morgan fingerprint density at radius 1 is 0.722 bits per heavy atom. The molecule has 1 saturated heterocycles. The van der Waals surface area contributed by atoms with Crippen LogP contribution in [0.2, 0.25) is 0 Å². The molecule has 6 rings (SSSR count). The van der Waals surface area contributed by atoms with Crippen molar-refractivity contribution in [1.29, 1.82) is 0 Å². The number of nitrogens with zero attached hydrogens (tertiary/aromatic N) is 5. The Bertz CT molecular complexity index is 2290.